The first-order valence-electron chi connectivity index (χ1n) is 9.03. The Morgan fingerprint density at radius 2 is 1.96 bits per heavy atom. The van der Waals surface area contributed by atoms with Crippen molar-refractivity contribution < 1.29 is 19.1 Å². The van der Waals surface area contributed by atoms with Crippen LogP contribution in [0, 0.1) is 16.4 Å². The number of nitrogens with zero attached hydrogens (tertiary/aromatic N) is 1. The van der Waals surface area contributed by atoms with Crippen LogP contribution in [0.1, 0.15) is 30.9 Å². The summed E-state index contributed by atoms with van der Waals surface area (Å²) in [5.74, 6) is -0.949. The summed E-state index contributed by atoms with van der Waals surface area (Å²) in [4.78, 5) is 37.9. The molecular formula is C20H24ClIN2O4. The van der Waals surface area contributed by atoms with E-state index >= 15 is 0 Å². The van der Waals surface area contributed by atoms with Crippen molar-refractivity contribution in [3.8, 4) is 0 Å². The number of benzene rings is 1. The summed E-state index contributed by atoms with van der Waals surface area (Å²) in [5.41, 5.74) is 1.96. The van der Waals surface area contributed by atoms with E-state index in [1.165, 1.54) is 7.11 Å². The highest BCUT2D eigenvalue weighted by Crippen LogP contribution is 2.24. The molecule has 0 radical (unpaired) electrons. The molecule has 1 atom stereocenters. The maximum atomic E-state index is 12.5. The highest BCUT2D eigenvalue weighted by molar-refractivity contribution is 14.1. The Labute approximate surface area is 183 Å². The van der Waals surface area contributed by atoms with Gasteiger partial charge in [0.25, 0.3) is 0 Å². The quantitative estimate of drug-likeness (QED) is 0.369. The zero-order valence-electron chi connectivity index (χ0n) is 16.1. The summed E-state index contributed by atoms with van der Waals surface area (Å²) in [6.45, 7) is 4.56. The summed E-state index contributed by atoms with van der Waals surface area (Å²) >= 11 is 8.33. The molecule has 0 aliphatic carbocycles. The number of piperidine rings is 1. The molecule has 8 heteroatoms. The topological polar surface area (TPSA) is 75.7 Å². The second-order valence-electron chi connectivity index (χ2n) is 6.81. The molecule has 1 saturated heterocycles. The monoisotopic (exact) mass is 518 g/mol. The van der Waals surface area contributed by atoms with Gasteiger partial charge in [0, 0.05) is 28.7 Å². The van der Waals surface area contributed by atoms with Crippen molar-refractivity contribution in [2.75, 3.05) is 20.2 Å². The van der Waals surface area contributed by atoms with Crippen LogP contribution < -0.4 is 5.32 Å². The van der Waals surface area contributed by atoms with Crippen molar-refractivity contribution in [1.29, 1.82) is 0 Å². The number of ether oxygens (including phenoxy) is 1. The van der Waals surface area contributed by atoms with Crippen molar-refractivity contribution in [3.63, 3.8) is 0 Å². The first kappa shape index (κ1) is 22.7. The van der Waals surface area contributed by atoms with Crippen LogP contribution in [0.3, 0.4) is 0 Å². The fourth-order valence-electron chi connectivity index (χ4n) is 3.04. The van der Waals surface area contributed by atoms with Crippen LogP contribution in [-0.4, -0.2) is 48.9 Å². The highest BCUT2D eigenvalue weighted by atomic mass is 127. The van der Waals surface area contributed by atoms with Gasteiger partial charge in [-0.15, -0.1) is 0 Å². The molecule has 0 spiro atoms. The van der Waals surface area contributed by atoms with Crippen LogP contribution in [0.4, 0.5) is 0 Å². The van der Waals surface area contributed by atoms with E-state index in [2.05, 4.69) is 32.6 Å². The van der Waals surface area contributed by atoms with Gasteiger partial charge in [0.2, 0.25) is 11.8 Å². The zero-order valence-corrected chi connectivity index (χ0v) is 19.0. The van der Waals surface area contributed by atoms with Crippen LogP contribution in [-0.2, 0) is 19.1 Å². The number of nitrogens with one attached hydrogen (secondary N) is 1. The zero-order chi connectivity index (χ0) is 20.8. The Hall–Kier alpha value is -1.61. The van der Waals surface area contributed by atoms with Gasteiger partial charge in [-0.05, 0) is 78.6 Å². The molecule has 6 nitrogen and oxygen atoms in total. The van der Waals surface area contributed by atoms with Gasteiger partial charge in [-0.1, -0.05) is 11.6 Å². The number of hydrogen-bond acceptors (Lipinski definition) is 4. The predicted molar refractivity (Wildman–Crippen MR) is 117 cm³/mol. The first-order chi connectivity index (χ1) is 13.2. The molecule has 0 aromatic heterocycles. The van der Waals surface area contributed by atoms with Crippen molar-refractivity contribution in [1.82, 2.24) is 10.2 Å². The predicted octanol–water partition coefficient (Wildman–Crippen LogP) is 3.18. The minimum absolute atomic E-state index is 0.0872. The third-order valence-corrected chi connectivity index (χ3v) is 6.33. The molecule has 1 aliphatic rings. The number of likely N-dealkylation sites (tertiary alicyclic amines) is 1. The molecule has 1 aromatic carbocycles. The molecular weight excluding hydrogens is 495 g/mol. The average molecular weight is 519 g/mol. The largest absolute Gasteiger partial charge is 0.467 e. The lowest BCUT2D eigenvalue weighted by Gasteiger charge is -2.31. The van der Waals surface area contributed by atoms with Crippen LogP contribution in [0.2, 0.25) is 5.02 Å². The molecule has 1 aromatic rings. The Bertz CT molecular complexity index is 789. The molecule has 28 heavy (non-hydrogen) atoms. The van der Waals surface area contributed by atoms with Gasteiger partial charge in [-0.2, -0.15) is 0 Å². The molecule has 152 valence electrons. The summed E-state index contributed by atoms with van der Waals surface area (Å²) in [5, 5.41) is 3.32. The first-order valence-corrected chi connectivity index (χ1v) is 10.5. The Kier molecular flexibility index (Phi) is 8.30. The fourth-order valence-corrected chi connectivity index (χ4v) is 3.83. The summed E-state index contributed by atoms with van der Waals surface area (Å²) in [7, 11) is 1.29. The molecule has 0 bridgehead atoms. The molecule has 1 heterocycles. The number of aryl methyl sites for hydroxylation is 1. The summed E-state index contributed by atoms with van der Waals surface area (Å²) in [6, 6.07) is 3.15. The number of esters is 1. The average Bonchev–Trinajstić information content (AvgIpc) is 2.68. The number of methoxy groups -OCH3 is 1. The summed E-state index contributed by atoms with van der Waals surface area (Å²) in [6.07, 6.45) is 4.45. The van der Waals surface area contributed by atoms with Gasteiger partial charge in [-0.3, -0.25) is 9.59 Å². The molecule has 2 rings (SSSR count). The Balaban J connectivity index is 1.89. The van der Waals surface area contributed by atoms with Gasteiger partial charge < -0.3 is 15.0 Å². The minimum Gasteiger partial charge on any atom is -0.467 e. The molecule has 1 unspecified atom stereocenters. The number of amides is 2. The Morgan fingerprint density at radius 1 is 1.32 bits per heavy atom. The van der Waals surface area contributed by atoms with Gasteiger partial charge in [0.15, 0.2) is 0 Å². The van der Waals surface area contributed by atoms with Crippen LogP contribution >= 0.6 is 34.2 Å². The fraction of sp³-hybridized carbons (Fsp3) is 0.450. The van der Waals surface area contributed by atoms with E-state index in [1.807, 2.05) is 19.1 Å². The van der Waals surface area contributed by atoms with E-state index < -0.39 is 12.0 Å². The van der Waals surface area contributed by atoms with E-state index in [-0.39, 0.29) is 17.7 Å². The van der Waals surface area contributed by atoms with Crippen molar-refractivity contribution in [3.05, 3.63) is 37.9 Å². The van der Waals surface area contributed by atoms with E-state index in [0.717, 1.165) is 14.7 Å². The van der Waals surface area contributed by atoms with Crippen LogP contribution in [0.25, 0.3) is 6.08 Å². The van der Waals surface area contributed by atoms with Crippen molar-refractivity contribution in [2.45, 2.75) is 32.7 Å². The lowest BCUT2D eigenvalue weighted by Crippen LogP contribution is -2.46. The second-order valence-corrected chi connectivity index (χ2v) is 8.38. The van der Waals surface area contributed by atoms with Crippen LogP contribution in [0.15, 0.2) is 18.2 Å². The summed E-state index contributed by atoms with van der Waals surface area (Å²) < 4.78 is 5.59. The Morgan fingerprint density at radius 3 is 2.57 bits per heavy atom. The standard InChI is InChI=1S/C20H24ClIN2O4/c1-12-10-17(22)16(21)11-15(12)4-5-18(25)24-8-6-14(7-9-24)19(26)23-13(2)20(27)28-3/h4-5,10-11,13-14H,6-9H2,1-3H3,(H,23,26)/b5-4+. The van der Waals surface area contributed by atoms with Crippen molar-refractivity contribution in [2.24, 2.45) is 5.92 Å². The molecule has 1 aliphatic heterocycles. The number of rotatable bonds is 5. The van der Waals surface area contributed by atoms with Gasteiger partial charge >= 0.3 is 5.97 Å². The molecule has 1 fully saturated rings. The van der Waals surface area contributed by atoms with Gasteiger partial charge in [-0.25, -0.2) is 4.79 Å². The molecule has 1 N–H and O–H groups in total. The minimum atomic E-state index is -0.677. The van der Waals surface area contributed by atoms with E-state index in [1.54, 1.807) is 24.0 Å². The van der Waals surface area contributed by atoms with E-state index in [4.69, 9.17) is 11.6 Å². The maximum absolute atomic E-state index is 12.5. The lowest BCUT2D eigenvalue weighted by molar-refractivity contribution is -0.145. The number of carbonyl (C=O) groups is 3. The van der Waals surface area contributed by atoms with E-state index in [9.17, 15) is 14.4 Å². The van der Waals surface area contributed by atoms with Crippen LogP contribution in [0.5, 0.6) is 0 Å². The third-order valence-electron chi connectivity index (χ3n) is 4.81. The molecule has 0 saturated carbocycles. The van der Waals surface area contributed by atoms with Gasteiger partial charge in [0.05, 0.1) is 12.1 Å². The number of halogens is 2. The lowest BCUT2D eigenvalue weighted by atomic mass is 9.95. The molecule has 2 amide bonds. The smallest absolute Gasteiger partial charge is 0.328 e. The SMILES string of the molecule is COC(=O)C(C)NC(=O)C1CCN(C(=O)/C=C/c2cc(Cl)c(I)cc2C)CC1. The highest BCUT2D eigenvalue weighted by Gasteiger charge is 2.28. The second kappa shape index (κ2) is 10.2. The normalized spacial score (nSPS) is 16.1. The van der Waals surface area contributed by atoms with Gasteiger partial charge in [0.1, 0.15) is 6.04 Å². The van der Waals surface area contributed by atoms with Crippen molar-refractivity contribution >= 4 is 58.1 Å². The number of carbonyl (C=O) groups excluding carboxylic acids is 3. The number of hydrogen-bond donors (Lipinski definition) is 1. The maximum Gasteiger partial charge on any atom is 0.328 e. The third kappa shape index (κ3) is 5.94. The van der Waals surface area contributed by atoms with E-state index in [0.29, 0.717) is 31.0 Å².